The molecule has 0 bridgehead atoms. The Morgan fingerprint density at radius 1 is 0.840 bits per heavy atom. The van der Waals surface area contributed by atoms with E-state index in [9.17, 15) is 9.59 Å². The van der Waals surface area contributed by atoms with Gasteiger partial charge in [-0.2, -0.15) is 0 Å². The molecule has 4 heteroatoms. The van der Waals surface area contributed by atoms with Gasteiger partial charge in [0.1, 0.15) is 5.75 Å². The molecule has 0 aliphatic carbocycles. The summed E-state index contributed by atoms with van der Waals surface area (Å²) in [5.74, 6) is -0.836. The molecule has 0 N–H and O–H groups in total. The Hall–Kier alpha value is -3.14. The number of carbonyl (C=O) groups excluding carboxylic acids is 2. The van der Waals surface area contributed by atoms with Crippen LogP contribution in [0.1, 0.15) is 24.2 Å². The van der Waals surface area contributed by atoms with Crippen molar-refractivity contribution >= 4 is 22.5 Å². The number of ether oxygens (including phenoxy) is 2. The second-order valence-electron chi connectivity index (χ2n) is 5.72. The fourth-order valence-corrected chi connectivity index (χ4v) is 2.69. The van der Waals surface area contributed by atoms with Crippen LogP contribution in [-0.4, -0.2) is 18.9 Å². The molecule has 1 atom stereocenters. The molecule has 3 rings (SSSR count). The average Bonchev–Trinajstić information content (AvgIpc) is 2.65. The predicted octanol–water partition coefficient (Wildman–Crippen LogP) is 4.07. The summed E-state index contributed by atoms with van der Waals surface area (Å²) in [6.07, 6.45) is -0.684. The number of benzene rings is 3. The molecule has 3 aromatic carbocycles. The van der Waals surface area contributed by atoms with Gasteiger partial charge in [0.2, 0.25) is 5.78 Å². The van der Waals surface area contributed by atoms with Gasteiger partial charge in [-0.05, 0) is 34.5 Å². The summed E-state index contributed by atoms with van der Waals surface area (Å²) >= 11 is 0. The van der Waals surface area contributed by atoms with Gasteiger partial charge >= 0.3 is 5.97 Å². The van der Waals surface area contributed by atoms with Gasteiger partial charge < -0.3 is 9.47 Å². The van der Waals surface area contributed by atoms with Crippen molar-refractivity contribution in [1.82, 2.24) is 0 Å². The molecule has 0 fully saturated rings. The molecular formula is C21H18O4. The zero-order chi connectivity index (χ0) is 17.8. The van der Waals surface area contributed by atoms with Crippen molar-refractivity contribution in [1.29, 1.82) is 0 Å². The van der Waals surface area contributed by atoms with Crippen molar-refractivity contribution in [3.05, 3.63) is 77.9 Å². The van der Waals surface area contributed by atoms with E-state index in [2.05, 4.69) is 0 Å². The topological polar surface area (TPSA) is 52.6 Å². The van der Waals surface area contributed by atoms with E-state index >= 15 is 0 Å². The van der Waals surface area contributed by atoms with E-state index in [1.54, 1.807) is 13.2 Å². The number of carbonyl (C=O) groups is 2. The molecule has 0 saturated heterocycles. The Morgan fingerprint density at radius 2 is 1.56 bits per heavy atom. The molecule has 3 aromatic rings. The fraction of sp³-hybridized carbons (Fsp3) is 0.143. The number of ketones is 1. The van der Waals surface area contributed by atoms with Crippen molar-refractivity contribution < 1.29 is 19.1 Å². The predicted molar refractivity (Wildman–Crippen MR) is 95.6 cm³/mol. The summed E-state index contributed by atoms with van der Waals surface area (Å²) in [7, 11) is 1.58. The zero-order valence-corrected chi connectivity index (χ0v) is 14.1. The number of Topliss-reactive ketones (excluding diaryl/α,β-unsaturated/α-hetero) is 1. The van der Waals surface area contributed by atoms with E-state index in [1.807, 2.05) is 60.7 Å². The Morgan fingerprint density at radius 3 is 2.28 bits per heavy atom. The minimum atomic E-state index is -0.860. The van der Waals surface area contributed by atoms with Crippen LogP contribution < -0.4 is 4.74 Å². The van der Waals surface area contributed by atoms with Gasteiger partial charge in [0, 0.05) is 12.5 Å². The van der Waals surface area contributed by atoms with Gasteiger partial charge in [-0.1, -0.05) is 48.5 Å². The lowest BCUT2D eigenvalue weighted by atomic mass is 9.98. The third kappa shape index (κ3) is 3.69. The Balaban J connectivity index is 2.07. The fourth-order valence-electron chi connectivity index (χ4n) is 2.69. The number of esters is 1. The van der Waals surface area contributed by atoms with Crippen LogP contribution in [0.4, 0.5) is 0 Å². The van der Waals surface area contributed by atoms with E-state index in [1.165, 1.54) is 6.92 Å². The standard InChI is InChI=1S/C21H18O4/c1-14(22)21(23)25-20(17-8-5-9-19(13-17)24-2)18-11-10-15-6-3-4-7-16(15)12-18/h3-13,20H,1-2H3. The molecule has 4 nitrogen and oxygen atoms in total. The van der Waals surface area contributed by atoms with Crippen LogP contribution in [0.3, 0.4) is 0 Å². The summed E-state index contributed by atoms with van der Waals surface area (Å²) in [4.78, 5) is 23.3. The number of rotatable bonds is 5. The molecule has 1 unspecified atom stereocenters. The lowest BCUT2D eigenvalue weighted by Gasteiger charge is -2.19. The Labute approximate surface area is 146 Å². The third-order valence-electron chi connectivity index (χ3n) is 3.99. The summed E-state index contributed by atoms with van der Waals surface area (Å²) in [5.41, 5.74) is 1.53. The molecule has 0 aliphatic heterocycles. The first-order chi connectivity index (χ1) is 12.1. The summed E-state index contributed by atoms with van der Waals surface area (Å²) < 4.78 is 10.7. The third-order valence-corrected chi connectivity index (χ3v) is 3.99. The van der Waals surface area contributed by atoms with Crippen LogP contribution in [0.15, 0.2) is 66.7 Å². The number of hydrogen-bond acceptors (Lipinski definition) is 4. The monoisotopic (exact) mass is 334 g/mol. The minimum absolute atomic E-state index is 0.631. The highest BCUT2D eigenvalue weighted by atomic mass is 16.5. The van der Waals surface area contributed by atoms with E-state index < -0.39 is 17.9 Å². The quantitative estimate of drug-likeness (QED) is 0.521. The molecule has 0 saturated carbocycles. The maximum absolute atomic E-state index is 11.9. The molecule has 0 aliphatic rings. The van der Waals surface area contributed by atoms with Crippen LogP contribution in [0.2, 0.25) is 0 Å². The maximum Gasteiger partial charge on any atom is 0.375 e. The second-order valence-corrected chi connectivity index (χ2v) is 5.72. The Bertz CT molecular complexity index is 930. The largest absolute Gasteiger partial charge is 0.497 e. The van der Waals surface area contributed by atoms with Crippen LogP contribution in [0, 0.1) is 0 Å². The molecule has 126 valence electrons. The minimum Gasteiger partial charge on any atom is -0.497 e. The second kappa shape index (κ2) is 7.18. The van der Waals surface area contributed by atoms with Crippen LogP contribution in [-0.2, 0) is 14.3 Å². The molecule has 0 spiro atoms. The first-order valence-corrected chi connectivity index (χ1v) is 7.92. The maximum atomic E-state index is 11.9. The van der Waals surface area contributed by atoms with Gasteiger partial charge in [-0.25, -0.2) is 4.79 Å². The molecular weight excluding hydrogens is 316 g/mol. The van der Waals surface area contributed by atoms with Crippen molar-refractivity contribution in [2.45, 2.75) is 13.0 Å². The van der Waals surface area contributed by atoms with Gasteiger partial charge in [-0.3, -0.25) is 4.79 Å². The summed E-state index contributed by atoms with van der Waals surface area (Å²) in [6.45, 7) is 1.20. The van der Waals surface area contributed by atoms with E-state index in [0.717, 1.165) is 21.9 Å². The van der Waals surface area contributed by atoms with Crippen LogP contribution in [0.5, 0.6) is 5.75 Å². The van der Waals surface area contributed by atoms with Crippen LogP contribution in [0.25, 0.3) is 10.8 Å². The van der Waals surface area contributed by atoms with Gasteiger partial charge in [0.15, 0.2) is 6.10 Å². The van der Waals surface area contributed by atoms with Crippen molar-refractivity contribution in [3.63, 3.8) is 0 Å². The normalized spacial score (nSPS) is 11.8. The molecule has 0 aromatic heterocycles. The highest BCUT2D eigenvalue weighted by molar-refractivity contribution is 6.32. The highest BCUT2D eigenvalue weighted by Crippen LogP contribution is 2.30. The smallest absolute Gasteiger partial charge is 0.375 e. The average molecular weight is 334 g/mol. The van der Waals surface area contributed by atoms with Gasteiger partial charge in [0.05, 0.1) is 7.11 Å². The lowest BCUT2D eigenvalue weighted by Crippen LogP contribution is -2.18. The SMILES string of the molecule is COc1cccc(C(OC(=O)C(C)=O)c2ccc3ccccc3c2)c1. The number of hydrogen-bond donors (Lipinski definition) is 0. The molecule has 0 heterocycles. The van der Waals surface area contributed by atoms with Crippen molar-refractivity contribution in [2.75, 3.05) is 7.11 Å². The van der Waals surface area contributed by atoms with Crippen molar-refractivity contribution in [2.24, 2.45) is 0 Å². The van der Waals surface area contributed by atoms with Gasteiger partial charge in [-0.15, -0.1) is 0 Å². The summed E-state index contributed by atoms with van der Waals surface area (Å²) in [6, 6.07) is 21.0. The number of fused-ring (bicyclic) bond motifs is 1. The Kier molecular flexibility index (Phi) is 4.80. The van der Waals surface area contributed by atoms with E-state index in [0.29, 0.717) is 5.75 Å². The molecule has 25 heavy (non-hydrogen) atoms. The first kappa shape index (κ1) is 16.7. The van der Waals surface area contributed by atoms with Gasteiger partial charge in [0.25, 0.3) is 0 Å². The molecule has 0 radical (unpaired) electrons. The summed E-state index contributed by atoms with van der Waals surface area (Å²) in [5, 5.41) is 2.13. The van der Waals surface area contributed by atoms with Crippen LogP contribution >= 0.6 is 0 Å². The molecule has 0 amide bonds. The van der Waals surface area contributed by atoms with Crippen molar-refractivity contribution in [3.8, 4) is 5.75 Å². The number of methoxy groups -OCH3 is 1. The highest BCUT2D eigenvalue weighted by Gasteiger charge is 2.22. The first-order valence-electron chi connectivity index (χ1n) is 7.92. The van der Waals surface area contributed by atoms with E-state index in [4.69, 9.17) is 9.47 Å². The van der Waals surface area contributed by atoms with E-state index in [-0.39, 0.29) is 0 Å². The lowest BCUT2D eigenvalue weighted by molar-refractivity contribution is -0.155. The zero-order valence-electron chi connectivity index (χ0n) is 14.1.